The third kappa shape index (κ3) is 44.8. The zero-order valence-electron chi connectivity index (χ0n) is 34.6. The van der Waals surface area contributed by atoms with Crippen LogP contribution in [0.1, 0.15) is 25.7 Å². The van der Waals surface area contributed by atoms with Gasteiger partial charge in [-0.1, -0.05) is 0 Å². The smallest absolute Gasteiger partial charge is 0.411 e. The van der Waals surface area contributed by atoms with Crippen LogP contribution in [-0.4, -0.2) is 221 Å². The monoisotopic (exact) mass is 894 g/mol. The molecule has 0 aromatic rings. The maximum atomic E-state index is 9.78. The van der Waals surface area contributed by atoms with Crippen LogP contribution >= 0.6 is 0 Å². The van der Waals surface area contributed by atoms with E-state index in [2.05, 4.69) is 13.6 Å². The SMILES string of the molecule is COC.CO[Si](CCCOCC1CO1)(OC)OC.CO[Si](O)(O)CCCOCC1CO1.CO[Si](O)(O)CCCOCC=O.C[Si](O)(O)CCCOCC(O)CO. The Balaban J connectivity index is -0.000000655. The van der Waals surface area contributed by atoms with E-state index < -0.39 is 41.1 Å². The number of aliphatic hydroxyl groups is 2. The minimum Gasteiger partial charge on any atom is -0.411 e. The molecule has 8 N–H and O–H groups in total. The molecule has 0 saturated carbocycles. The lowest BCUT2D eigenvalue weighted by atomic mass is 10.4. The van der Waals surface area contributed by atoms with Gasteiger partial charge in [0.15, 0.2) is 0 Å². The van der Waals surface area contributed by atoms with E-state index in [4.69, 9.17) is 80.7 Å². The second kappa shape index (κ2) is 37.7. The Hall–Kier alpha value is -0.262. The highest BCUT2D eigenvalue weighted by molar-refractivity contribution is 6.63. The average molecular weight is 895 g/mol. The first-order valence-corrected chi connectivity index (χ1v) is 26.7. The van der Waals surface area contributed by atoms with Gasteiger partial charge in [0, 0.05) is 94.3 Å². The van der Waals surface area contributed by atoms with Crippen molar-refractivity contribution >= 4 is 41.3 Å². The van der Waals surface area contributed by atoms with Gasteiger partial charge in [0.1, 0.15) is 31.2 Å². The quantitative estimate of drug-likeness (QED) is 0.0172. The zero-order valence-corrected chi connectivity index (χ0v) is 38.6. The lowest BCUT2D eigenvalue weighted by Gasteiger charge is -2.24. The Morgan fingerprint density at radius 2 is 1.00 bits per heavy atom. The van der Waals surface area contributed by atoms with Crippen LogP contribution in [0.25, 0.3) is 0 Å². The number of ether oxygens (including phenoxy) is 7. The van der Waals surface area contributed by atoms with E-state index in [1.807, 2.05) is 0 Å². The Morgan fingerprint density at radius 3 is 1.34 bits per heavy atom. The maximum absolute atomic E-state index is 9.78. The zero-order chi connectivity index (χ0) is 43.4. The molecule has 21 nitrogen and oxygen atoms in total. The average Bonchev–Trinajstić information content (AvgIpc) is 4.11. The molecule has 2 aliphatic heterocycles. The molecule has 0 aliphatic carbocycles. The number of aliphatic hydroxyl groups excluding tert-OH is 2. The molecule has 25 heteroatoms. The topological polar surface area (TPSA) is 296 Å². The Bertz CT molecular complexity index is 842. The molecule has 3 unspecified atom stereocenters. The molecule has 0 aromatic carbocycles. The Labute approximate surface area is 336 Å². The fourth-order valence-electron chi connectivity index (χ4n) is 3.63. The lowest BCUT2D eigenvalue weighted by molar-refractivity contribution is -0.111. The van der Waals surface area contributed by atoms with Crippen molar-refractivity contribution in [2.24, 2.45) is 0 Å². The highest BCUT2D eigenvalue weighted by Gasteiger charge is 2.37. The number of hydrogen-bond acceptors (Lipinski definition) is 21. The van der Waals surface area contributed by atoms with Gasteiger partial charge in [-0.25, -0.2) is 0 Å². The molecule has 0 amide bonds. The van der Waals surface area contributed by atoms with Gasteiger partial charge >= 0.3 is 35.0 Å². The molecule has 56 heavy (non-hydrogen) atoms. The second-order valence-corrected chi connectivity index (χ2v) is 23.3. The summed E-state index contributed by atoms with van der Waals surface area (Å²) in [5.74, 6) is 0. The number of hydrogen-bond donors (Lipinski definition) is 8. The van der Waals surface area contributed by atoms with Crippen LogP contribution < -0.4 is 0 Å². The predicted molar refractivity (Wildman–Crippen MR) is 210 cm³/mol. The number of epoxide rings is 2. The number of rotatable bonds is 30. The van der Waals surface area contributed by atoms with Gasteiger partial charge in [-0.3, -0.25) is 0 Å². The van der Waals surface area contributed by atoms with Crippen molar-refractivity contribution in [2.75, 3.05) is 122 Å². The van der Waals surface area contributed by atoms with Crippen LogP contribution in [0.4, 0.5) is 0 Å². The first kappa shape index (κ1) is 60.0. The van der Waals surface area contributed by atoms with Crippen molar-refractivity contribution in [3.05, 3.63) is 0 Å². The summed E-state index contributed by atoms with van der Waals surface area (Å²) in [6.45, 7) is 6.15. The van der Waals surface area contributed by atoms with Crippen molar-refractivity contribution < 1.29 is 99.1 Å². The fourth-order valence-corrected chi connectivity index (χ4v) is 7.75. The van der Waals surface area contributed by atoms with Gasteiger partial charge in [0.25, 0.3) is 0 Å². The van der Waals surface area contributed by atoms with Crippen LogP contribution in [0.2, 0.25) is 30.7 Å². The largest absolute Gasteiger partial charge is 0.500 e. The number of aldehydes is 1. The van der Waals surface area contributed by atoms with Crippen molar-refractivity contribution in [3.8, 4) is 0 Å². The highest BCUT2D eigenvalue weighted by atomic mass is 28.4. The summed E-state index contributed by atoms with van der Waals surface area (Å²) in [6, 6.07) is 1.63. The summed E-state index contributed by atoms with van der Waals surface area (Å²) in [7, 11) is -1.39. The second-order valence-electron chi connectivity index (χ2n) is 12.4. The highest BCUT2D eigenvalue weighted by Crippen LogP contribution is 2.16. The molecule has 0 bridgehead atoms. The fraction of sp³-hybridized carbons (Fsp3) is 0.968. The third-order valence-corrected chi connectivity index (χ3v) is 14.4. The summed E-state index contributed by atoms with van der Waals surface area (Å²) >= 11 is 0. The van der Waals surface area contributed by atoms with Crippen LogP contribution in [0.5, 0.6) is 0 Å². The lowest BCUT2D eigenvalue weighted by Crippen LogP contribution is -2.42. The first-order valence-electron chi connectivity index (χ1n) is 18.2. The molecule has 340 valence electrons. The van der Waals surface area contributed by atoms with Crippen LogP contribution in [-0.2, 0) is 60.1 Å². The predicted octanol–water partition coefficient (Wildman–Crippen LogP) is -1.74. The maximum Gasteiger partial charge on any atom is 0.500 e. The molecule has 3 atom stereocenters. The molecule has 2 fully saturated rings. The Morgan fingerprint density at radius 1 is 0.625 bits per heavy atom. The first-order chi connectivity index (χ1) is 26.4. The molecular formula is C31H74O21Si4. The van der Waals surface area contributed by atoms with Crippen LogP contribution in [0.3, 0.4) is 0 Å². The van der Waals surface area contributed by atoms with Crippen molar-refractivity contribution in [1.82, 2.24) is 0 Å². The van der Waals surface area contributed by atoms with Crippen LogP contribution in [0, 0.1) is 0 Å². The molecule has 0 radical (unpaired) electrons. The summed E-state index contributed by atoms with van der Waals surface area (Å²) in [5.41, 5.74) is 0. The van der Waals surface area contributed by atoms with Crippen LogP contribution in [0.15, 0.2) is 0 Å². The summed E-state index contributed by atoms with van der Waals surface area (Å²) in [4.78, 5) is 64.2. The molecular weight excluding hydrogens is 821 g/mol. The standard InChI is InChI=1S/C9H20O5Si.C7H16O5Si.C7H18O5Si.C6H14O5Si.C2H6O/c1-10-15(11-2,12-3)6-4-5-13-7-9-8-14-9;1-10-13(8,9)4-2-3-11-5-7-6-12-7;1-13(10,11)4-2-3-12-6-7(9)5-8;1-10-12(8,9)6-2-4-11-5-3-7;1-3-2/h9H,4-8H2,1-3H3;7-9H,2-6H2,1H3;7-11H,2-6H2,1H3;3,8-9H,2,4-6H2,1H3;1-2H3. The van der Waals surface area contributed by atoms with Gasteiger partial charge in [0.05, 0.1) is 39.6 Å². The van der Waals surface area contributed by atoms with E-state index in [1.54, 1.807) is 35.5 Å². The molecule has 0 aromatic heterocycles. The number of methoxy groups -OCH3 is 1. The van der Waals surface area contributed by atoms with E-state index in [-0.39, 0.29) is 38.0 Å². The van der Waals surface area contributed by atoms with E-state index in [0.717, 1.165) is 25.7 Å². The molecule has 2 saturated heterocycles. The van der Waals surface area contributed by atoms with Gasteiger partial charge in [-0.2, -0.15) is 0 Å². The van der Waals surface area contributed by atoms with E-state index >= 15 is 0 Å². The van der Waals surface area contributed by atoms with Crippen molar-refractivity contribution in [2.45, 2.75) is 74.7 Å². The number of carbonyl (C=O) groups is 1. The molecule has 2 heterocycles. The normalized spacial score (nSPS) is 16.8. The molecule has 2 rings (SSSR count). The van der Waals surface area contributed by atoms with E-state index in [1.165, 1.54) is 20.8 Å². The van der Waals surface area contributed by atoms with Crippen molar-refractivity contribution in [3.63, 3.8) is 0 Å². The minimum atomic E-state index is -3.41. The Kier molecular flexibility index (Phi) is 40.4. The van der Waals surface area contributed by atoms with Gasteiger partial charge < -0.3 is 99.1 Å². The number of carbonyl (C=O) groups excluding carboxylic acids is 1. The minimum absolute atomic E-state index is 0.0540. The van der Waals surface area contributed by atoms with E-state index in [9.17, 15) is 4.79 Å². The molecule has 2 aliphatic rings. The van der Waals surface area contributed by atoms with E-state index in [0.29, 0.717) is 77.3 Å². The van der Waals surface area contributed by atoms with Crippen molar-refractivity contribution in [1.29, 1.82) is 0 Å². The third-order valence-electron chi connectivity index (χ3n) is 7.00. The van der Waals surface area contributed by atoms with Gasteiger partial charge in [0.2, 0.25) is 0 Å². The summed E-state index contributed by atoms with van der Waals surface area (Å²) < 4.78 is 59.5. The van der Waals surface area contributed by atoms with Gasteiger partial charge in [-0.05, 0) is 38.3 Å². The summed E-state index contributed by atoms with van der Waals surface area (Å²) in [6.07, 6.45) is 2.96. The van der Waals surface area contributed by atoms with Gasteiger partial charge in [-0.15, -0.1) is 0 Å². The molecule has 0 spiro atoms. The summed E-state index contributed by atoms with van der Waals surface area (Å²) in [5, 5.41) is 17.3.